The van der Waals surface area contributed by atoms with Crippen LogP contribution in [0.4, 0.5) is 0 Å². The summed E-state index contributed by atoms with van der Waals surface area (Å²) >= 11 is 0. The average Bonchev–Trinajstić information content (AvgIpc) is 3.23. The van der Waals surface area contributed by atoms with Crippen LogP contribution in [0.1, 0.15) is 16.7 Å². The highest BCUT2D eigenvalue weighted by atomic mass is 127. The molecule has 0 saturated heterocycles. The zero-order valence-electron chi connectivity index (χ0n) is 17.1. The van der Waals surface area contributed by atoms with E-state index >= 15 is 0 Å². The van der Waals surface area contributed by atoms with Crippen molar-refractivity contribution in [1.29, 1.82) is 0 Å². The highest BCUT2D eigenvalue weighted by Gasteiger charge is 2.11. The third-order valence-corrected chi connectivity index (χ3v) is 4.62. The fourth-order valence-corrected chi connectivity index (χ4v) is 3.18. The standard InChI is InChI=1S/C22H27N5O.HI/c1-23-22(26(2)16-20-11-6-7-12-21(20)28-3)24-15-18-9-4-5-10-19(18)17-27-14-8-13-25-27;/h4-14H,15-17H2,1-3H3,(H,23,24);1H. The molecule has 0 radical (unpaired) electrons. The van der Waals surface area contributed by atoms with Crippen LogP contribution in [0.2, 0.25) is 0 Å². The predicted molar refractivity (Wildman–Crippen MR) is 128 cm³/mol. The summed E-state index contributed by atoms with van der Waals surface area (Å²) in [5.41, 5.74) is 3.58. The Balaban J connectivity index is 0.00000300. The van der Waals surface area contributed by atoms with Crippen LogP contribution in [0, 0.1) is 0 Å². The smallest absolute Gasteiger partial charge is 0.193 e. The third kappa shape index (κ3) is 6.22. The van der Waals surface area contributed by atoms with Gasteiger partial charge in [-0.3, -0.25) is 9.67 Å². The van der Waals surface area contributed by atoms with E-state index in [1.165, 1.54) is 11.1 Å². The van der Waals surface area contributed by atoms with Crippen molar-refractivity contribution in [3.8, 4) is 5.75 Å². The van der Waals surface area contributed by atoms with Gasteiger partial charge in [-0.15, -0.1) is 24.0 Å². The number of aromatic nitrogens is 2. The minimum absolute atomic E-state index is 0. The lowest BCUT2D eigenvalue weighted by atomic mass is 10.1. The lowest BCUT2D eigenvalue weighted by Crippen LogP contribution is -2.38. The number of hydrogen-bond acceptors (Lipinski definition) is 3. The summed E-state index contributed by atoms with van der Waals surface area (Å²) in [7, 11) is 5.52. The van der Waals surface area contributed by atoms with Crippen molar-refractivity contribution in [2.75, 3.05) is 21.2 Å². The van der Waals surface area contributed by atoms with Crippen LogP contribution in [-0.4, -0.2) is 41.8 Å². The van der Waals surface area contributed by atoms with Gasteiger partial charge in [-0.1, -0.05) is 42.5 Å². The molecule has 0 atom stereocenters. The van der Waals surface area contributed by atoms with Crippen LogP contribution < -0.4 is 10.1 Å². The normalized spacial score (nSPS) is 10.9. The average molecular weight is 505 g/mol. The van der Waals surface area contributed by atoms with Gasteiger partial charge in [0.05, 0.1) is 13.7 Å². The molecular formula is C22H28IN5O. The van der Waals surface area contributed by atoms with E-state index < -0.39 is 0 Å². The zero-order chi connectivity index (χ0) is 19.8. The molecule has 1 N–H and O–H groups in total. The molecule has 7 heteroatoms. The van der Waals surface area contributed by atoms with Crippen LogP contribution >= 0.6 is 24.0 Å². The quantitative estimate of drug-likeness (QED) is 0.302. The Bertz CT molecular complexity index is 911. The van der Waals surface area contributed by atoms with Gasteiger partial charge in [0.25, 0.3) is 0 Å². The van der Waals surface area contributed by atoms with Gasteiger partial charge in [0.2, 0.25) is 0 Å². The summed E-state index contributed by atoms with van der Waals surface area (Å²) < 4.78 is 7.39. The molecule has 3 aromatic rings. The molecule has 0 spiro atoms. The van der Waals surface area contributed by atoms with Gasteiger partial charge in [-0.25, -0.2) is 0 Å². The predicted octanol–water partition coefficient (Wildman–Crippen LogP) is 3.77. The minimum Gasteiger partial charge on any atom is -0.496 e. The SMILES string of the molecule is CN=C(NCc1ccccc1Cn1cccn1)N(C)Cc1ccccc1OC.I. The van der Waals surface area contributed by atoms with Crippen molar-refractivity contribution in [1.82, 2.24) is 20.0 Å². The summed E-state index contributed by atoms with van der Waals surface area (Å²) in [6.07, 6.45) is 3.78. The molecule has 29 heavy (non-hydrogen) atoms. The summed E-state index contributed by atoms with van der Waals surface area (Å²) in [5.74, 6) is 1.72. The second kappa shape index (κ2) is 11.5. The lowest BCUT2D eigenvalue weighted by Gasteiger charge is -2.23. The maximum atomic E-state index is 5.46. The number of hydrogen-bond donors (Lipinski definition) is 1. The molecule has 3 rings (SSSR count). The third-order valence-electron chi connectivity index (χ3n) is 4.62. The fraction of sp³-hybridized carbons (Fsp3) is 0.273. The van der Waals surface area contributed by atoms with Gasteiger partial charge in [-0.2, -0.15) is 5.10 Å². The summed E-state index contributed by atoms with van der Waals surface area (Å²) in [6.45, 7) is 2.15. The maximum absolute atomic E-state index is 5.46. The monoisotopic (exact) mass is 505 g/mol. The molecule has 6 nitrogen and oxygen atoms in total. The first-order valence-corrected chi connectivity index (χ1v) is 9.29. The molecule has 154 valence electrons. The number of halogens is 1. The molecule has 0 aliphatic rings. The highest BCUT2D eigenvalue weighted by molar-refractivity contribution is 14.0. The van der Waals surface area contributed by atoms with Gasteiger partial charge in [0, 0.05) is 45.1 Å². The molecule has 0 saturated carbocycles. The summed E-state index contributed by atoms with van der Waals surface area (Å²) in [4.78, 5) is 6.52. The topological polar surface area (TPSA) is 54.7 Å². The number of guanidine groups is 1. The first-order valence-electron chi connectivity index (χ1n) is 9.29. The molecule has 0 fully saturated rings. The molecule has 1 heterocycles. The molecular weight excluding hydrogens is 477 g/mol. The van der Waals surface area contributed by atoms with E-state index in [9.17, 15) is 0 Å². The molecule has 0 amide bonds. The lowest BCUT2D eigenvalue weighted by molar-refractivity contribution is 0.396. The van der Waals surface area contributed by atoms with Crippen LogP contribution in [0.25, 0.3) is 0 Å². The Morgan fingerprint density at radius 3 is 2.41 bits per heavy atom. The maximum Gasteiger partial charge on any atom is 0.193 e. The number of nitrogens with one attached hydrogen (secondary N) is 1. The van der Waals surface area contributed by atoms with Crippen molar-refractivity contribution in [3.05, 3.63) is 83.7 Å². The number of methoxy groups -OCH3 is 1. The van der Waals surface area contributed by atoms with Crippen molar-refractivity contribution >= 4 is 29.9 Å². The van der Waals surface area contributed by atoms with Gasteiger partial charge in [-0.05, 0) is 23.3 Å². The molecule has 2 aromatic carbocycles. The van der Waals surface area contributed by atoms with Gasteiger partial charge in [0.1, 0.15) is 5.75 Å². The molecule has 0 bridgehead atoms. The van der Waals surface area contributed by atoms with Crippen LogP contribution in [0.5, 0.6) is 5.75 Å². The van der Waals surface area contributed by atoms with Gasteiger partial charge < -0.3 is 15.0 Å². The second-order valence-electron chi connectivity index (χ2n) is 6.54. The number of benzene rings is 2. The molecule has 0 aliphatic carbocycles. The van der Waals surface area contributed by atoms with Crippen molar-refractivity contribution < 1.29 is 4.74 Å². The van der Waals surface area contributed by atoms with Crippen molar-refractivity contribution in [3.63, 3.8) is 0 Å². The number of aliphatic imine (C=N–C) groups is 1. The Kier molecular flexibility index (Phi) is 8.98. The van der Waals surface area contributed by atoms with E-state index in [0.29, 0.717) is 13.1 Å². The Hall–Kier alpha value is -2.55. The highest BCUT2D eigenvalue weighted by Crippen LogP contribution is 2.19. The van der Waals surface area contributed by atoms with Gasteiger partial charge >= 0.3 is 0 Å². The Morgan fingerprint density at radius 2 is 1.76 bits per heavy atom. The van der Waals surface area contributed by atoms with Crippen molar-refractivity contribution in [2.45, 2.75) is 19.6 Å². The molecule has 0 unspecified atom stereocenters. The van der Waals surface area contributed by atoms with Crippen LogP contribution in [0.3, 0.4) is 0 Å². The van der Waals surface area contributed by atoms with E-state index in [0.717, 1.165) is 23.8 Å². The Morgan fingerprint density at radius 1 is 1.07 bits per heavy atom. The number of nitrogens with zero attached hydrogens (tertiary/aromatic N) is 4. The molecule has 0 aliphatic heterocycles. The van der Waals surface area contributed by atoms with E-state index in [4.69, 9.17) is 4.74 Å². The van der Waals surface area contributed by atoms with Gasteiger partial charge in [0.15, 0.2) is 5.96 Å². The Labute approximate surface area is 189 Å². The number of ether oxygens (including phenoxy) is 1. The van der Waals surface area contributed by atoms with E-state index in [1.54, 1.807) is 20.4 Å². The second-order valence-corrected chi connectivity index (χ2v) is 6.54. The largest absolute Gasteiger partial charge is 0.496 e. The first kappa shape index (κ1) is 22.7. The number of para-hydroxylation sites is 1. The minimum atomic E-state index is 0. The van der Waals surface area contributed by atoms with Crippen LogP contribution in [-0.2, 0) is 19.6 Å². The summed E-state index contributed by atoms with van der Waals surface area (Å²) in [5, 5.41) is 7.78. The summed E-state index contributed by atoms with van der Waals surface area (Å²) in [6, 6.07) is 18.4. The number of rotatable bonds is 7. The zero-order valence-corrected chi connectivity index (χ0v) is 19.4. The van der Waals surface area contributed by atoms with Crippen LogP contribution in [0.15, 0.2) is 72.0 Å². The van der Waals surface area contributed by atoms with E-state index in [1.807, 2.05) is 42.2 Å². The van der Waals surface area contributed by atoms with Crippen molar-refractivity contribution in [2.24, 2.45) is 4.99 Å². The van der Waals surface area contributed by atoms with E-state index in [-0.39, 0.29) is 24.0 Å². The first-order chi connectivity index (χ1) is 13.7. The van der Waals surface area contributed by atoms with E-state index in [2.05, 4.69) is 50.6 Å². The molecule has 1 aromatic heterocycles. The fourth-order valence-electron chi connectivity index (χ4n) is 3.18.